The van der Waals surface area contributed by atoms with Crippen LogP contribution in [0.15, 0.2) is 36.4 Å². The van der Waals surface area contributed by atoms with Crippen LogP contribution in [-0.2, 0) is 4.74 Å². The van der Waals surface area contributed by atoms with Crippen molar-refractivity contribution in [1.82, 2.24) is 0 Å². The maximum absolute atomic E-state index is 11.9. The summed E-state index contributed by atoms with van der Waals surface area (Å²) in [5, 5.41) is 0.997. The fraction of sp³-hybridized carbons (Fsp3) is 0.133. The first-order chi connectivity index (χ1) is 9.52. The van der Waals surface area contributed by atoms with Crippen LogP contribution in [0.3, 0.4) is 0 Å². The molecule has 2 N–H and O–H groups in total. The fourth-order valence-corrected chi connectivity index (χ4v) is 2.30. The summed E-state index contributed by atoms with van der Waals surface area (Å²) in [4.78, 5) is 11.9. The van der Waals surface area contributed by atoms with E-state index in [1.165, 1.54) is 6.07 Å². The molecule has 5 heteroatoms. The molecule has 0 aliphatic heterocycles. The number of anilines is 1. The minimum Gasteiger partial charge on any atom is -0.462 e. The highest BCUT2D eigenvalue weighted by Crippen LogP contribution is 2.33. The van der Waals surface area contributed by atoms with Gasteiger partial charge in [-0.2, -0.15) is 0 Å². The number of nitrogen functional groups attached to an aromatic ring is 1. The number of carbonyl (C=O) groups is 1. The molecule has 0 fully saturated rings. The molecule has 0 unspecified atom stereocenters. The second-order valence-corrected chi connectivity index (χ2v) is 5.02. The monoisotopic (exact) mass is 309 g/mol. The maximum Gasteiger partial charge on any atom is 0.340 e. The van der Waals surface area contributed by atoms with Crippen molar-refractivity contribution in [2.24, 2.45) is 0 Å². The molecule has 2 aromatic carbocycles. The summed E-state index contributed by atoms with van der Waals surface area (Å²) in [6.45, 7) is 2.01. The first-order valence-electron chi connectivity index (χ1n) is 6.05. The van der Waals surface area contributed by atoms with Crippen LogP contribution in [0.25, 0.3) is 11.1 Å². The number of esters is 1. The van der Waals surface area contributed by atoms with Gasteiger partial charge in [0.2, 0.25) is 0 Å². The van der Waals surface area contributed by atoms with Gasteiger partial charge in [-0.3, -0.25) is 0 Å². The van der Waals surface area contributed by atoms with Gasteiger partial charge >= 0.3 is 5.97 Å². The van der Waals surface area contributed by atoms with Gasteiger partial charge < -0.3 is 10.5 Å². The van der Waals surface area contributed by atoms with Crippen LogP contribution in [0.4, 0.5) is 5.69 Å². The van der Waals surface area contributed by atoms with E-state index in [1.807, 2.05) is 12.1 Å². The van der Waals surface area contributed by atoms with Gasteiger partial charge in [0, 0.05) is 15.6 Å². The van der Waals surface area contributed by atoms with Crippen LogP contribution in [0.5, 0.6) is 0 Å². The zero-order chi connectivity index (χ0) is 14.7. The van der Waals surface area contributed by atoms with Crippen LogP contribution in [-0.4, -0.2) is 12.6 Å². The Kier molecular flexibility index (Phi) is 4.53. The normalized spacial score (nSPS) is 10.3. The largest absolute Gasteiger partial charge is 0.462 e. The van der Waals surface area contributed by atoms with Crippen molar-refractivity contribution in [1.29, 1.82) is 0 Å². The summed E-state index contributed by atoms with van der Waals surface area (Å²) in [5.41, 5.74) is 8.10. The minimum atomic E-state index is -0.490. The van der Waals surface area contributed by atoms with E-state index in [2.05, 4.69) is 0 Å². The van der Waals surface area contributed by atoms with Crippen LogP contribution in [0.2, 0.25) is 10.0 Å². The first kappa shape index (κ1) is 14.7. The van der Waals surface area contributed by atoms with Crippen molar-refractivity contribution in [3.05, 3.63) is 52.0 Å². The molecule has 2 rings (SSSR count). The third-order valence-electron chi connectivity index (χ3n) is 2.78. The Morgan fingerprint density at radius 2 is 1.95 bits per heavy atom. The molecule has 0 aliphatic rings. The summed E-state index contributed by atoms with van der Waals surface area (Å²) < 4.78 is 4.97. The van der Waals surface area contributed by atoms with Gasteiger partial charge in [0.05, 0.1) is 17.9 Å². The third kappa shape index (κ3) is 3.06. The second-order valence-electron chi connectivity index (χ2n) is 4.15. The quantitative estimate of drug-likeness (QED) is 0.674. The summed E-state index contributed by atoms with van der Waals surface area (Å²) in [5.74, 6) is -0.490. The molecule has 0 amide bonds. The third-order valence-corrected chi connectivity index (χ3v) is 3.23. The number of nitrogens with two attached hydrogens (primary N) is 1. The molecule has 0 aromatic heterocycles. The van der Waals surface area contributed by atoms with Crippen LogP contribution < -0.4 is 5.73 Å². The minimum absolute atomic E-state index is 0.259. The molecule has 0 bridgehead atoms. The van der Waals surface area contributed by atoms with Gasteiger partial charge in [-0.15, -0.1) is 0 Å². The van der Waals surface area contributed by atoms with E-state index in [-0.39, 0.29) is 12.2 Å². The predicted octanol–water partition coefficient (Wildman–Crippen LogP) is 4.42. The maximum atomic E-state index is 11.9. The Bertz CT molecular complexity index is 656. The summed E-state index contributed by atoms with van der Waals surface area (Å²) in [6.07, 6.45) is 0. The number of hydrogen-bond donors (Lipinski definition) is 1. The van der Waals surface area contributed by atoms with Gasteiger partial charge in [-0.1, -0.05) is 35.3 Å². The van der Waals surface area contributed by atoms with Crippen molar-refractivity contribution in [3.63, 3.8) is 0 Å². The van der Waals surface area contributed by atoms with Gasteiger partial charge in [0.25, 0.3) is 0 Å². The van der Waals surface area contributed by atoms with Crippen LogP contribution in [0, 0.1) is 0 Å². The molecule has 0 spiro atoms. The molecule has 3 nitrogen and oxygen atoms in total. The smallest absolute Gasteiger partial charge is 0.340 e. The molecular formula is C15H13Cl2NO2. The molecule has 20 heavy (non-hydrogen) atoms. The van der Waals surface area contributed by atoms with E-state index in [9.17, 15) is 4.79 Å². The second kappa shape index (κ2) is 6.16. The molecule has 0 atom stereocenters. The van der Waals surface area contributed by atoms with Crippen molar-refractivity contribution in [2.45, 2.75) is 6.92 Å². The molecule has 0 aliphatic carbocycles. The molecule has 2 aromatic rings. The van der Waals surface area contributed by atoms with Crippen molar-refractivity contribution in [3.8, 4) is 11.1 Å². The van der Waals surface area contributed by atoms with Gasteiger partial charge in [-0.05, 0) is 36.8 Å². The molecule has 104 valence electrons. The van der Waals surface area contributed by atoms with E-state index in [4.69, 9.17) is 33.7 Å². The molecule has 0 saturated carbocycles. The van der Waals surface area contributed by atoms with Crippen LogP contribution >= 0.6 is 23.2 Å². The number of ether oxygens (including phenoxy) is 1. The molecule has 0 heterocycles. The number of carbonyl (C=O) groups excluding carboxylic acids is 1. The molecular weight excluding hydrogens is 297 g/mol. The number of benzene rings is 2. The Morgan fingerprint density at radius 3 is 2.60 bits per heavy atom. The lowest BCUT2D eigenvalue weighted by molar-refractivity contribution is 0.0527. The lowest BCUT2D eigenvalue weighted by Gasteiger charge is -2.12. The van der Waals surface area contributed by atoms with E-state index >= 15 is 0 Å². The van der Waals surface area contributed by atoms with Gasteiger partial charge in [-0.25, -0.2) is 4.79 Å². The zero-order valence-electron chi connectivity index (χ0n) is 10.8. The summed E-state index contributed by atoms with van der Waals surface area (Å²) >= 11 is 12.0. The van der Waals surface area contributed by atoms with Crippen LogP contribution in [0.1, 0.15) is 17.3 Å². The Balaban J connectivity index is 2.57. The summed E-state index contributed by atoms with van der Waals surface area (Å²) in [6, 6.07) is 10.4. The highest BCUT2D eigenvalue weighted by atomic mass is 35.5. The average Bonchev–Trinajstić information content (AvgIpc) is 2.41. The van der Waals surface area contributed by atoms with E-state index < -0.39 is 5.97 Å². The van der Waals surface area contributed by atoms with E-state index in [1.54, 1.807) is 25.1 Å². The zero-order valence-corrected chi connectivity index (χ0v) is 12.3. The Hall–Kier alpha value is -1.71. The van der Waals surface area contributed by atoms with Crippen molar-refractivity contribution in [2.75, 3.05) is 12.3 Å². The SMILES string of the molecule is CCOC(=O)c1cc(Cl)cc(-c2cccc(Cl)c2)c1N. The van der Waals surface area contributed by atoms with E-state index in [0.717, 1.165) is 5.56 Å². The topological polar surface area (TPSA) is 52.3 Å². The first-order valence-corrected chi connectivity index (χ1v) is 6.80. The standard InChI is InChI=1S/C15H13Cl2NO2/c1-2-20-15(19)13-8-11(17)7-12(14(13)18)9-4-3-5-10(16)6-9/h3-8H,2,18H2,1H3. The van der Waals surface area contributed by atoms with Crippen molar-refractivity contribution >= 4 is 34.9 Å². The highest BCUT2D eigenvalue weighted by Gasteiger charge is 2.16. The van der Waals surface area contributed by atoms with Crippen molar-refractivity contribution < 1.29 is 9.53 Å². The lowest BCUT2D eigenvalue weighted by Crippen LogP contribution is -2.09. The summed E-state index contributed by atoms with van der Waals surface area (Å²) in [7, 11) is 0. The Morgan fingerprint density at radius 1 is 1.20 bits per heavy atom. The van der Waals surface area contributed by atoms with E-state index in [0.29, 0.717) is 21.3 Å². The molecule has 0 saturated heterocycles. The number of halogens is 2. The predicted molar refractivity (Wildman–Crippen MR) is 82.3 cm³/mol. The van der Waals surface area contributed by atoms with Gasteiger partial charge in [0.15, 0.2) is 0 Å². The molecule has 0 radical (unpaired) electrons. The average molecular weight is 310 g/mol. The fourth-order valence-electron chi connectivity index (χ4n) is 1.89. The number of rotatable bonds is 3. The Labute approximate surface area is 127 Å². The lowest BCUT2D eigenvalue weighted by atomic mass is 10.0. The highest BCUT2D eigenvalue weighted by molar-refractivity contribution is 6.32. The number of hydrogen-bond acceptors (Lipinski definition) is 3. The van der Waals surface area contributed by atoms with Gasteiger partial charge in [0.1, 0.15) is 0 Å².